The Balaban J connectivity index is 0. The number of hydrogen-bond donors (Lipinski definition) is 0. The predicted octanol–water partition coefficient (Wildman–Crippen LogP) is -3.83. The zero-order chi connectivity index (χ0) is 5.98. The minimum Gasteiger partial charge on any atom is -1.00 e. The first-order valence-electron chi connectivity index (χ1n) is 2.94. The molecular formula is C7H9F2Zr. The van der Waals surface area contributed by atoms with Gasteiger partial charge < -0.3 is 9.41 Å². The van der Waals surface area contributed by atoms with E-state index in [0.29, 0.717) is 0 Å². The monoisotopic (exact) mass is 221 g/mol. The van der Waals surface area contributed by atoms with Gasteiger partial charge in [-0.15, -0.1) is 0 Å². The standard InChI is InChI=1S/C7H9.2FH.Zr/c1-2-7-5-3-4-6-7;;;/h3,5H,2,4H2,1H3;2*1H;/q;;;+2/p-2. The van der Waals surface area contributed by atoms with Crippen LogP contribution in [0.2, 0.25) is 0 Å². The van der Waals surface area contributed by atoms with Crippen molar-refractivity contribution in [3.8, 4) is 0 Å². The van der Waals surface area contributed by atoms with Crippen molar-refractivity contribution in [2.24, 2.45) is 0 Å². The molecule has 0 saturated heterocycles. The van der Waals surface area contributed by atoms with Crippen LogP contribution in [-0.4, -0.2) is 0 Å². The van der Waals surface area contributed by atoms with Crippen molar-refractivity contribution >= 4 is 0 Å². The molecule has 1 rings (SSSR count). The maximum Gasteiger partial charge on any atom is -1.00 e. The molecule has 0 atom stereocenters. The van der Waals surface area contributed by atoms with Crippen molar-refractivity contribution in [1.29, 1.82) is 0 Å². The Hall–Kier alpha value is 0.223. The molecule has 10 heavy (non-hydrogen) atoms. The van der Waals surface area contributed by atoms with Crippen molar-refractivity contribution in [2.45, 2.75) is 19.8 Å². The summed E-state index contributed by atoms with van der Waals surface area (Å²) in [6.07, 6.45) is 6.95. The Kier molecular flexibility index (Phi) is 7.67. The Bertz CT molecular complexity index is 150. The van der Waals surface area contributed by atoms with Gasteiger partial charge in [0.25, 0.3) is 0 Å². The van der Waals surface area contributed by atoms with Gasteiger partial charge in [-0.05, 0) is 0 Å². The van der Waals surface area contributed by atoms with E-state index in [-0.39, 0.29) is 9.41 Å². The van der Waals surface area contributed by atoms with Crippen LogP contribution in [-0.2, 0) is 24.7 Å². The first-order valence-corrected chi connectivity index (χ1v) is 4.17. The predicted molar refractivity (Wildman–Crippen MR) is 31.1 cm³/mol. The maximum absolute atomic E-state index is 2.25. The zero-order valence-electron chi connectivity index (χ0n) is 5.82. The smallest absolute Gasteiger partial charge is 1.00 e. The normalized spacial score (nSPS) is 14.7. The second kappa shape index (κ2) is 5.97. The Morgan fingerprint density at radius 1 is 1.50 bits per heavy atom. The third-order valence-electron chi connectivity index (χ3n) is 1.41. The molecule has 0 saturated carbocycles. The van der Waals surface area contributed by atoms with Crippen molar-refractivity contribution < 1.29 is 34.1 Å². The fraction of sp³-hybridized carbons (Fsp3) is 0.429. The molecule has 0 nitrogen and oxygen atoms in total. The topological polar surface area (TPSA) is 0 Å². The summed E-state index contributed by atoms with van der Waals surface area (Å²) in [5.74, 6) is 0. The minimum absolute atomic E-state index is 0. The molecule has 0 radical (unpaired) electrons. The van der Waals surface area contributed by atoms with E-state index in [4.69, 9.17) is 0 Å². The van der Waals surface area contributed by atoms with Crippen LogP contribution in [0, 0.1) is 0 Å². The number of rotatable bonds is 1. The molecule has 0 unspecified atom stereocenters. The molecule has 0 aliphatic heterocycles. The van der Waals surface area contributed by atoms with Crippen LogP contribution >= 0.6 is 0 Å². The molecule has 0 aromatic carbocycles. The number of hydrogen-bond acceptors (Lipinski definition) is 0. The summed E-state index contributed by atoms with van der Waals surface area (Å²) >= 11 is 1.60. The molecule has 0 fully saturated rings. The molecule has 0 N–H and O–H groups in total. The summed E-state index contributed by atoms with van der Waals surface area (Å²) < 4.78 is 1.64. The molecule has 0 aromatic rings. The average Bonchev–Trinajstić information content (AvgIpc) is 2.14. The molecule has 55 valence electrons. The van der Waals surface area contributed by atoms with Gasteiger partial charge in [-0.2, -0.15) is 0 Å². The molecule has 0 bridgehead atoms. The van der Waals surface area contributed by atoms with E-state index in [1.54, 1.807) is 33.6 Å². The molecular weight excluding hydrogens is 213 g/mol. The molecule has 0 spiro atoms. The van der Waals surface area contributed by atoms with Crippen molar-refractivity contribution in [1.82, 2.24) is 0 Å². The summed E-state index contributed by atoms with van der Waals surface area (Å²) in [7, 11) is 0. The van der Waals surface area contributed by atoms with Crippen LogP contribution in [0.5, 0.6) is 0 Å². The van der Waals surface area contributed by atoms with Crippen molar-refractivity contribution in [3.63, 3.8) is 0 Å². The SMILES string of the molecule is CCC1=[C]([Zr+2])CC=C1.[F-].[F-]. The fourth-order valence-electron chi connectivity index (χ4n) is 0.882. The van der Waals surface area contributed by atoms with E-state index in [2.05, 4.69) is 19.1 Å². The maximum atomic E-state index is 2.25. The summed E-state index contributed by atoms with van der Waals surface area (Å²) in [5, 5.41) is 0. The first kappa shape index (κ1) is 12.9. The van der Waals surface area contributed by atoms with Crippen LogP contribution < -0.4 is 9.41 Å². The van der Waals surface area contributed by atoms with Gasteiger partial charge in [0.2, 0.25) is 0 Å². The Morgan fingerprint density at radius 2 is 2.10 bits per heavy atom. The third kappa shape index (κ3) is 2.87. The van der Waals surface area contributed by atoms with Gasteiger partial charge >= 0.3 is 65.5 Å². The summed E-state index contributed by atoms with van der Waals surface area (Å²) in [5.41, 5.74) is 1.57. The fourth-order valence-corrected chi connectivity index (χ4v) is 1.81. The average molecular weight is 222 g/mol. The van der Waals surface area contributed by atoms with Crippen molar-refractivity contribution in [3.05, 3.63) is 21.0 Å². The molecule has 0 heterocycles. The second-order valence-corrected chi connectivity index (χ2v) is 3.45. The van der Waals surface area contributed by atoms with Gasteiger partial charge in [0, 0.05) is 0 Å². The van der Waals surface area contributed by atoms with Gasteiger partial charge in [-0.1, -0.05) is 0 Å². The van der Waals surface area contributed by atoms with Crippen molar-refractivity contribution in [2.75, 3.05) is 0 Å². The molecule has 1 aliphatic carbocycles. The van der Waals surface area contributed by atoms with Crippen LogP contribution in [0.1, 0.15) is 19.8 Å². The van der Waals surface area contributed by atoms with E-state index in [1.165, 1.54) is 12.8 Å². The summed E-state index contributed by atoms with van der Waals surface area (Å²) in [6, 6.07) is 0. The van der Waals surface area contributed by atoms with Crippen LogP contribution in [0.15, 0.2) is 21.0 Å². The van der Waals surface area contributed by atoms with Crippen LogP contribution in [0.25, 0.3) is 0 Å². The molecule has 0 aromatic heterocycles. The van der Waals surface area contributed by atoms with E-state index in [9.17, 15) is 0 Å². The van der Waals surface area contributed by atoms with Gasteiger partial charge in [0.1, 0.15) is 0 Å². The van der Waals surface area contributed by atoms with Crippen LogP contribution in [0.4, 0.5) is 0 Å². The van der Waals surface area contributed by atoms with E-state index in [1.807, 2.05) is 0 Å². The van der Waals surface area contributed by atoms with Crippen LogP contribution in [0.3, 0.4) is 0 Å². The number of halogens is 2. The van der Waals surface area contributed by atoms with Gasteiger partial charge in [0.15, 0.2) is 0 Å². The third-order valence-corrected chi connectivity index (χ3v) is 2.70. The Morgan fingerprint density at radius 3 is 2.30 bits per heavy atom. The molecule has 0 amide bonds. The summed E-state index contributed by atoms with van der Waals surface area (Å²) in [6.45, 7) is 2.22. The van der Waals surface area contributed by atoms with Gasteiger partial charge in [0.05, 0.1) is 0 Å². The largest absolute Gasteiger partial charge is 1.00 e. The molecule has 3 heteroatoms. The van der Waals surface area contributed by atoms with Gasteiger partial charge in [-0.3, -0.25) is 0 Å². The first-order chi connectivity index (χ1) is 3.84. The Labute approximate surface area is 75.0 Å². The number of allylic oxidation sites excluding steroid dienone is 4. The quantitative estimate of drug-likeness (QED) is 0.426. The van der Waals surface area contributed by atoms with E-state index < -0.39 is 0 Å². The van der Waals surface area contributed by atoms with E-state index >= 15 is 0 Å². The van der Waals surface area contributed by atoms with Gasteiger partial charge in [-0.25, -0.2) is 0 Å². The summed E-state index contributed by atoms with van der Waals surface area (Å²) in [4.78, 5) is 0. The minimum atomic E-state index is 0. The second-order valence-electron chi connectivity index (χ2n) is 1.96. The van der Waals surface area contributed by atoms with E-state index in [0.717, 1.165) is 0 Å². The zero-order valence-corrected chi connectivity index (χ0v) is 8.28. The molecule has 1 aliphatic rings.